The molecule has 0 spiro atoms. The molecule has 1 aliphatic rings. The third kappa shape index (κ3) is 4.90. The van der Waals surface area contributed by atoms with Crippen LogP contribution in [0.3, 0.4) is 0 Å². The maximum Gasteiger partial charge on any atom is 0.0338 e. The Kier molecular flexibility index (Phi) is 5.86. The first-order chi connectivity index (χ1) is 6.33. The van der Waals surface area contributed by atoms with Crippen LogP contribution in [-0.4, -0.2) is 5.38 Å². The number of rotatable bonds is 6. The number of hydrogen-bond acceptors (Lipinski definition) is 0. The topological polar surface area (TPSA) is 0 Å². The Labute approximate surface area is 88.1 Å². The molecule has 1 heteroatoms. The standard InChI is InChI=1S/C12H23Cl/c1-2-3-4-5-6-7-11-8-9-12(13)10-11/h11-12H,2-10H2,1H3/t11-,12+/m0/s1. The van der Waals surface area contributed by atoms with E-state index in [9.17, 15) is 0 Å². The zero-order valence-electron chi connectivity index (χ0n) is 8.90. The highest BCUT2D eigenvalue weighted by Gasteiger charge is 2.21. The summed E-state index contributed by atoms with van der Waals surface area (Å²) in [5.41, 5.74) is 0. The predicted octanol–water partition coefficient (Wildman–Crippen LogP) is 4.75. The Morgan fingerprint density at radius 2 is 1.85 bits per heavy atom. The minimum absolute atomic E-state index is 0.501. The predicted molar refractivity (Wildman–Crippen MR) is 60.4 cm³/mol. The molecule has 0 saturated heterocycles. The van der Waals surface area contributed by atoms with Gasteiger partial charge in [0.1, 0.15) is 0 Å². The van der Waals surface area contributed by atoms with Crippen LogP contribution in [0.5, 0.6) is 0 Å². The fraction of sp³-hybridized carbons (Fsp3) is 1.00. The molecule has 2 atom stereocenters. The normalized spacial score (nSPS) is 28.2. The van der Waals surface area contributed by atoms with E-state index in [0.717, 1.165) is 5.92 Å². The maximum absolute atomic E-state index is 6.07. The Morgan fingerprint density at radius 1 is 1.08 bits per heavy atom. The van der Waals surface area contributed by atoms with Crippen molar-refractivity contribution in [2.24, 2.45) is 5.92 Å². The van der Waals surface area contributed by atoms with Crippen LogP contribution in [0.25, 0.3) is 0 Å². The average molecular weight is 203 g/mol. The van der Waals surface area contributed by atoms with E-state index in [1.54, 1.807) is 0 Å². The van der Waals surface area contributed by atoms with Gasteiger partial charge < -0.3 is 0 Å². The van der Waals surface area contributed by atoms with E-state index in [4.69, 9.17) is 11.6 Å². The van der Waals surface area contributed by atoms with Crippen LogP contribution in [0.4, 0.5) is 0 Å². The van der Waals surface area contributed by atoms with E-state index in [-0.39, 0.29) is 0 Å². The first-order valence-corrected chi connectivity index (χ1v) is 6.40. The summed E-state index contributed by atoms with van der Waals surface area (Å²) in [4.78, 5) is 0. The molecule has 0 bridgehead atoms. The van der Waals surface area contributed by atoms with Crippen LogP contribution in [0.2, 0.25) is 0 Å². The van der Waals surface area contributed by atoms with Gasteiger partial charge in [-0.25, -0.2) is 0 Å². The highest BCUT2D eigenvalue weighted by Crippen LogP contribution is 2.32. The lowest BCUT2D eigenvalue weighted by Crippen LogP contribution is -1.95. The molecule has 0 aliphatic heterocycles. The van der Waals surface area contributed by atoms with Gasteiger partial charge in [-0.15, -0.1) is 11.6 Å². The summed E-state index contributed by atoms with van der Waals surface area (Å²) in [5, 5.41) is 0.501. The van der Waals surface area contributed by atoms with Gasteiger partial charge in [0, 0.05) is 5.38 Å². The molecule has 0 nitrogen and oxygen atoms in total. The average Bonchev–Trinajstić information content (AvgIpc) is 2.51. The van der Waals surface area contributed by atoms with Crippen molar-refractivity contribution in [1.82, 2.24) is 0 Å². The van der Waals surface area contributed by atoms with Crippen molar-refractivity contribution in [2.75, 3.05) is 0 Å². The van der Waals surface area contributed by atoms with Crippen molar-refractivity contribution in [2.45, 2.75) is 70.1 Å². The summed E-state index contributed by atoms with van der Waals surface area (Å²) >= 11 is 6.07. The van der Waals surface area contributed by atoms with Gasteiger partial charge in [-0.05, 0) is 25.2 Å². The number of alkyl halides is 1. The summed E-state index contributed by atoms with van der Waals surface area (Å²) in [7, 11) is 0. The lowest BCUT2D eigenvalue weighted by Gasteiger charge is -2.07. The van der Waals surface area contributed by atoms with Gasteiger partial charge in [0.05, 0.1) is 0 Å². The second kappa shape index (κ2) is 6.70. The minimum atomic E-state index is 0.501. The Bertz CT molecular complexity index is 122. The van der Waals surface area contributed by atoms with E-state index in [0.29, 0.717) is 5.38 Å². The summed E-state index contributed by atoms with van der Waals surface area (Å²) in [5.74, 6) is 0.962. The van der Waals surface area contributed by atoms with Crippen molar-refractivity contribution in [3.63, 3.8) is 0 Å². The monoisotopic (exact) mass is 202 g/mol. The first-order valence-electron chi connectivity index (χ1n) is 5.97. The van der Waals surface area contributed by atoms with Crippen molar-refractivity contribution in [3.05, 3.63) is 0 Å². The molecule has 0 radical (unpaired) electrons. The van der Waals surface area contributed by atoms with Crippen molar-refractivity contribution < 1.29 is 0 Å². The zero-order chi connectivity index (χ0) is 9.52. The van der Waals surface area contributed by atoms with E-state index in [1.165, 1.54) is 57.8 Å². The van der Waals surface area contributed by atoms with Crippen LogP contribution in [0.15, 0.2) is 0 Å². The van der Waals surface area contributed by atoms with E-state index < -0.39 is 0 Å². The molecule has 0 aromatic heterocycles. The van der Waals surface area contributed by atoms with Crippen LogP contribution in [0.1, 0.15) is 64.7 Å². The zero-order valence-corrected chi connectivity index (χ0v) is 9.65. The summed E-state index contributed by atoms with van der Waals surface area (Å²) in [6.07, 6.45) is 12.5. The van der Waals surface area contributed by atoms with Gasteiger partial charge in [-0.2, -0.15) is 0 Å². The quantitative estimate of drug-likeness (QED) is 0.431. The summed E-state index contributed by atoms with van der Waals surface area (Å²) in [6.45, 7) is 2.27. The van der Waals surface area contributed by atoms with E-state index >= 15 is 0 Å². The molecule has 0 N–H and O–H groups in total. The molecule has 0 unspecified atom stereocenters. The van der Waals surface area contributed by atoms with Crippen molar-refractivity contribution >= 4 is 11.6 Å². The van der Waals surface area contributed by atoms with Gasteiger partial charge in [-0.3, -0.25) is 0 Å². The van der Waals surface area contributed by atoms with Gasteiger partial charge in [0.2, 0.25) is 0 Å². The second-order valence-corrected chi connectivity index (χ2v) is 5.10. The molecule has 78 valence electrons. The molecule has 0 heterocycles. The molecular weight excluding hydrogens is 180 g/mol. The van der Waals surface area contributed by atoms with Crippen LogP contribution in [0, 0.1) is 5.92 Å². The molecule has 0 amide bonds. The number of unbranched alkanes of at least 4 members (excludes halogenated alkanes) is 4. The first kappa shape index (κ1) is 11.4. The largest absolute Gasteiger partial charge is 0.123 e. The third-order valence-corrected chi connectivity index (χ3v) is 3.59. The van der Waals surface area contributed by atoms with Crippen LogP contribution >= 0.6 is 11.6 Å². The van der Waals surface area contributed by atoms with Crippen LogP contribution < -0.4 is 0 Å². The maximum atomic E-state index is 6.07. The lowest BCUT2D eigenvalue weighted by atomic mass is 9.99. The summed E-state index contributed by atoms with van der Waals surface area (Å²) in [6, 6.07) is 0. The molecule has 0 aromatic carbocycles. The van der Waals surface area contributed by atoms with Gasteiger partial charge in [0.15, 0.2) is 0 Å². The van der Waals surface area contributed by atoms with Gasteiger partial charge in [0.25, 0.3) is 0 Å². The van der Waals surface area contributed by atoms with Crippen molar-refractivity contribution in [3.8, 4) is 0 Å². The molecule has 13 heavy (non-hydrogen) atoms. The lowest BCUT2D eigenvalue weighted by molar-refractivity contribution is 0.464. The minimum Gasteiger partial charge on any atom is -0.123 e. The second-order valence-electron chi connectivity index (χ2n) is 4.48. The molecule has 1 fully saturated rings. The molecule has 1 aliphatic carbocycles. The number of halogens is 1. The highest BCUT2D eigenvalue weighted by atomic mass is 35.5. The summed E-state index contributed by atoms with van der Waals surface area (Å²) < 4.78 is 0. The van der Waals surface area contributed by atoms with Crippen LogP contribution in [-0.2, 0) is 0 Å². The smallest absolute Gasteiger partial charge is 0.0338 e. The fourth-order valence-corrected chi connectivity index (χ4v) is 2.69. The Morgan fingerprint density at radius 3 is 2.46 bits per heavy atom. The third-order valence-electron chi connectivity index (χ3n) is 3.19. The van der Waals surface area contributed by atoms with Gasteiger partial charge >= 0.3 is 0 Å². The van der Waals surface area contributed by atoms with E-state index in [2.05, 4.69) is 6.92 Å². The number of hydrogen-bond donors (Lipinski definition) is 0. The fourth-order valence-electron chi connectivity index (χ4n) is 2.31. The molecule has 1 saturated carbocycles. The Balaban J connectivity index is 1.88. The highest BCUT2D eigenvalue weighted by molar-refractivity contribution is 6.20. The molecule has 0 aromatic rings. The van der Waals surface area contributed by atoms with E-state index in [1.807, 2.05) is 0 Å². The SMILES string of the molecule is CCCCCCC[C@H]1CC[C@@H](Cl)C1. The molecule has 1 rings (SSSR count). The van der Waals surface area contributed by atoms with Gasteiger partial charge in [-0.1, -0.05) is 45.4 Å². The molecular formula is C12H23Cl. The Hall–Kier alpha value is 0.290. The van der Waals surface area contributed by atoms with Crippen molar-refractivity contribution in [1.29, 1.82) is 0 Å².